The molecule has 0 rings (SSSR count). The van der Waals surface area contributed by atoms with Gasteiger partial charge in [0.15, 0.2) is 0 Å². The lowest BCUT2D eigenvalue weighted by Gasteiger charge is -1.91. The van der Waals surface area contributed by atoms with Gasteiger partial charge in [0.05, 0.1) is 4.92 Å². The number of hydrogen-bond acceptors (Lipinski definition) is 3. The van der Waals surface area contributed by atoms with E-state index in [1.165, 1.54) is 0 Å². The number of carbonyl (C=O) groups excluding carboxylic acids is 1. The first-order valence-electron chi connectivity index (χ1n) is 9.24. The third-order valence-electron chi connectivity index (χ3n) is 3.46. The molecule has 0 atom stereocenters. The maximum atomic E-state index is 10.6. The third kappa shape index (κ3) is 16.4. The van der Waals surface area contributed by atoms with E-state index in [2.05, 4.69) is 42.5 Å². The van der Waals surface area contributed by atoms with Crippen molar-refractivity contribution in [3.8, 4) is 0 Å². The smallest absolute Gasteiger partial charge is 0.242 e. The molecule has 0 aliphatic carbocycles. The highest BCUT2D eigenvalue weighted by Crippen LogP contribution is 2.03. The van der Waals surface area contributed by atoms with E-state index < -0.39 is 0 Å². The molecule has 0 aromatic carbocycles. The van der Waals surface area contributed by atoms with Crippen LogP contribution in [-0.2, 0) is 4.79 Å². The molecule has 0 amide bonds. The molecule has 0 fully saturated rings. The van der Waals surface area contributed by atoms with Gasteiger partial charge in [-0.05, 0) is 44.6 Å². The average molecular weight is 357 g/mol. The second-order valence-electron chi connectivity index (χ2n) is 5.59. The molecule has 0 aliphatic heterocycles. The van der Waals surface area contributed by atoms with Crippen LogP contribution in [-0.4, -0.2) is 11.2 Å². The van der Waals surface area contributed by atoms with Crippen LogP contribution < -0.4 is 0 Å². The Balaban J connectivity index is 3.70. The van der Waals surface area contributed by atoms with E-state index in [9.17, 15) is 14.9 Å². The van der Waals surface area contributed by atoms with E-state index in [1.54, 1.807) is 13.0 Å². The van der Waals surface area contributed by atoms with Crippen LogP contribution in [0.5, 0.6) is 0 Å². The van der Waals surface area contributed by atoms with Crippen molar-refractivity contribution in [3.63, 3.8) is 0 Å². The second-order valence-corrected chi connectivity index (χ2v) is 5.59. The molecule has 0 saturated carbocycles. The van der Waals surface area contributed by atoms with Crippen molar-refractivity contribution in [3.05, 3.63) is 82.6 Å². The van der Waals surface area contributed by atoms with Crippen molar-refractivity contribution in [2.24, 2.45) is 0 Å². The van der Waals surface area contributed by atoms with Gasteiger partial charge in [0, 0.05) is 12.8 Å². The molecule has 0 aliphatic rings. The summed E-state index contributed by atoms with van der Waals surface area (Å²) >= 11 is 0. The normalized spacial score (nSPS) is 13.2. The monoisotopic (exact) mass is 357 g/mol. The standard InChI is InChI=1S/C22H31NO3/c1-2-22(23(25)26)20-18-16-14-12-10-8-6-4-3-5-7-9-11-13-15-17-19-21-24/h3-4,7-10,13-16,20-21H,2,5-6,11-12,17-19H2,1H3/b4-3-,9-7-,10-8-,15-13-,16-14-,22-20+. The van der Waals surface area contributed by atoms with E-state index in [0.717, 1.165) is 38.4 Å². The molecule has 0 radical (unpaired) electrons. The number of allylic oxidation sites excluding steroid dienone is 12. The van der Waals surface area contributed by atoms with E-state index in [0.29, 0.717) is 19.3 Å². The second kappa shape index (κ2) is 18.8. The minimum absolute atomic E-state index is 0.276. The Bertz CT molecular complexity index is 552. The molecule has 0 N–H and O–H groups in total. The molecular weight excluding hydrogens is 326 g/mol. The summed E-state index contributed by atoms with van der Waals surface area (Å²) in [5.41, 5.74) is 0.276. The number of nitro groups is 1. The number of unbranched alkanes of at least 4 members (excludes halogenated alkanes) is 1. The molecule has 0 bridgehead atoms. The highest BCUT2D eigenvalue weighted by molar-refractivity contribution is 5.49. The van der Waals surface area contributed by atoms with E-state index >= 15 is 0 Å². The summed E-state index contributed by atoms with van der Waals surface area (Å²) in [4.78, 5) is 20.4. The lowest BCUT2D eigenvalue weighted by atomic mass is 10.2. The quantitative estimate of drug-likeness (QED) is 0.114. The lowest BCUT2D eigenvalue weighted by Crippen LogP contribution is -1.96. The SMILES string of the molecule is CC/C(=C\C/C=C\C/C=C\C/C=C\C/C=C\C/C=C\CCC=O)[N+](=O)[O-]. The molecule has 0 aromatic rings. The zero-order valence-electron chi connectivity index (χ0n) is 15.8. The summed E-state index contributed by atoms with van der Waals surface area (Å²) in [6.07, 6.45) is 29.5. The predicted octanol–water partition coefficient (Wildman–Crippen LogP) is 6.27. The molecule has 0 unspecified atom stereocenters. The number of aldehydes is 1. The Morgan fingerprint density at radius 1 is 0.731 bits per heavy atom. The summed E-state index contributed by atoms with van der Waals surface area (Å²) < 4.78 is 0. The molecule has 142 valence electrons. The van der Waals surface area contributed by atoms with Gasteiger partial charge < -0.3 is 4.79 Å². The van der Waals surface area contributed by atoms with Crippen molar-refractivity contribution < 1.29 is 9.72 Å². The van der Waals surface area contributed by atoms with Gasteiger partial charge in [-0.1, -0.05) is 67.7 Å². The minimum Gasteiger partial charge on any atom is -0.303 e. The van der Waals surface area contributed by atoms with Crippen LogP contribution in [0.25, 0.3) is 0 Å². The summed E-state index contributed by atoms with van der Waals surface area (Å²) in [7, 11) is 0. The largest absolute Gasteiger partial charge is 0.303 e. The summed E-state index contributed by atoms with van der Waals surface area (Å²) in [6, 6.07) is 0. The minimum atomic E-state index is -0.317. The van der Waals surface area contributed by atoms with E-state index in [-0.39, 0.29) is 10.6 Å². The number of rotatable bonds is 15. The Morgan fingerprint density at radius 2 is 1.15 bits per heavy atom. The van der Waals surface area contributed by atoms with Crippen LogP contribution >= 0.6 is 0 Å². The predicted molar refractivity (Wildman–Crippen MR) is 109 cm³/mol. The molecule has 4 heteroatoms. The fourth-order valence-electron chi connectivity index (χ4n) is 2.01. The molecule has 4 nitrogen and oxygen atoms in total. The van der Waals surface area contributed by atoms with Gasteiger partial charge in [-0.25, -0.2) is 0 Å². The first-order valence-corrected chi connectivity index (χ1v) is 9.24. The van der Waals surface area contributed by atoms with Crippen molar-refractivity contribution in [2.75, 3.05) is 0 Å². The van der Waals surface area contributed by atoms with E-state index in [4.69, 9.17) is 0 Å². The Labute approximate surface area is 157 Å². The zero-order chi connectivity index (χ0) is 19.3. The highest BCUT2D eigenvalue weighted by atomic mass is 16.6. The van der Waals surface area contributed by atoms with E-state index in [1.807, 2.05) is 18.2 Å². The van der Waals surface area contributed by atoms with Crippen LogP contribution in [0.15, 0.2) is 72.5 Å². The van der Waals surface area contributed by atoms with Gasteiger partial charge in [-0.15, -0.1) is 0 Å². The molecule has 26 heavy (non-hydrogen) atoms. The first-order chi connectivity index (χ1) is 12.7. The maximum Gasteiger partial charge on any atom is 0.242 e. The number of hydrogen-bond donors (Lipinski definition) is 0. The van der Waals surface area contributed by atoms with Crippen molar-refractivity contribution in [2.45, 2.75) is 58.3 Å². The van der Waals surface area contributed by atoms with Crippen LogP contribution in [0.1, 0.15) is 58.3 Å². The maximum absolute atomic E-state index is 10.6. The molecule has 0 heterocycles. The number of carbonyl (C=O) groups is 1. The van der Waals surface area contributed by atoms with Crippen molar-refractivity contribution in [1.29, 1.82) is 0 Å². The molecule has 0 saturated heterocycles. The summed E-state index contributed by atoms with van der Waals surface area (Å²) in [5.74, 6) is 0. The van der Waals surface area contributed by atoms with Crippen LogP contribution in [0.3, 0.4) is 0 Å². The van der Waals surface area contributed by atoms with Gasteiger partial charge >= 0.3 is 0 Å². The highest BCUT2D eigenvalue weighted by Gasteiger charge is 2.03. The van der Waals surface area contributed by atoms with Crippen LogP contribution in [0, 0.1) is 10.1 Å². The van der Waals surface area contributed by atoms with Crippen molar-refractivity contribution >= 4 is 6.29 Å². The van der Waals surface area contributed by atoms with Gasteiger partial charge in [0.1, 0.15) is 6.29 Å². The Kier molecular flexibility index (Phi) is 17.0. The Hall–Kier alpha value is -2.49. The van der Waals surface area contributed by atoms with Gasteiger partial charge in [0.2, 0.25) is 5.70 Å². The third-order valence-corrected chi connectivity index (χ3v) is 3.46. The fraction of sp³-hybridized carbons (Fsp3) is 0.409. The number of nitrogens with zero attached hydrogens (tertiary/aromatic N) is 1. The molecule has 0 spiro atoms. The molecule has 0 aromatic heterocycles. The molecular formula is C22H31NO3. The van der Waals surface area contributed by atoms with Crippen molar-refractivity contribution in [1.82, 2.24) is 0 Å². The topological polar surface area (TPSA) is 60.2 Å². The average Bonchev–Trinajstić information content (AvgIpc) is 2.63. The van der Waals surface area contributed by atoms with Gasteiger partial charge in [-0.3, -0.25) is 10.1 Å². The summed E-state index contributed by atoms with van der Waals surface area (Å²) in [6.45, 7) is 1.79. The fourth-order valence-corrected chi connectivity index (χ4v) is 2.01. The van der Waals surface area contributed by atoms with Crippen LogP contribution in [0.4, 0.5) is 0 Å². The lowest BCUT2D eigenvalue weighted by molar-refractivity contribution is -0.427. The first kappa shape index (κ1) is 23.5. The van der Waals surface area contributed by atoms with Gasteiger partial charge in [-0.2, -0.15) is 0 Å². The zero-order valence-corrected chi connectivity index (χ0v) is 15.8. The Morgan fingerprint density at radius 3 is 1.54 bits per heavy atom. The van der Waals surface area contributed by atoms with Gasteiger partial charge in [0.25, 0.3) is 0 Å². The van der Waals surface area contributed by atoms with Crippen LogP contribution in [0.2, 0.25) is 0 Å². The summed E-state index contributed by atoms with van der Waals surface area (Å²) in [5, 5.41) is 10.6.